The lowest BCUT2D eigenvalue weighted by Crippen LogP contribution is -2.25. The van der Waals surface area contributed by atoms with Crippen molar-refractivity contribution in [2.24, 2.45) is 5.73 Å². The molecule has 11 heavy (non-hydrogen) atoms. The molecule has 0 bridgehead atoms. The van der Waals surface area contributed by atoms with Crippen LogP contribution in [-0.4, -0.2) is 25.5 Å². The second-order valence-corrected chi connectivity index (χ2v) is 3.14. The van der Waals surface area contributed by atoms with Crippen molar-refractivity contribution in [3.63, 3.8) is 0 Å². The largest absolute Gasteiger partial charge is 0.355 e. The summed E-state index contributed by atoms with van der Waals surface area (Å²) < 4.78 is 10.5. The summed E-state index contributed by atoms with van der Waals surface area (Å²) in [6, 6.07) is 0.284. The third kappa shape index (κ3) is 3.70. The number of nitrogens with two attached hydrogens (primary N) is 1. The molecule has 0 radical (unpaired) electrons. The van der Waals surface area contributed by atoms with E-state index in [2.05, 4.69) is 0 Å². The first-order valence-corrected chi connectivity index (χ1v) is 4.24. The van der Waals surface area contributed by atoms with Crippen LogP contribution in [0.15, 0.2) is 0 Å². The van der Waals surface area contributed by atoms with Crippen LogP contribution in [0.25, 0.3) is 0 Å². The fourth-order valence-corrected chi connectivity index (χ4v) is 1.28. The van der Waals surface area contributed by atoms with Crippen LogP contribution in [-0.2, 0) is 9.47 Å². The van der Waals surface area contributed by atoms with Gasteiger partial charge in [0.25, 0.3) is 0 Å². The Labute approximate surface area is 67.9 Å². The molecule has 2 atom stereocenters. The highest BCUT2D eigenvalue weighted by atomic mass is 16.7. The predicted molar refractivity (Wildman–Crippen MR) is 43.2 cm³/mol. The third-order valence-corrected chi connectivity index (χ3v) is 1.93. The summed E-state index contributed by atoms with van der Waals surface area (Å²) >= 11 is 0. The van der Waals surface area contributed by atoms with Gasteiger partial charge in [-0.2, -0.15) is 0 Å². The summed E-state index contributed by atoms with van der Waals surface area (Å²) in [5, 5.41) is 0. The smallest absolute Gasteiger partial charge is 0.147 e. The zero-order valence-electron chi connectivity index (χ0n) is 7.08. The second kappa shape index (κ2) is 4.70. The molecule has 2 N–H and O–H groups in total. The van der Waals surface area contributed by atoms with Crippen LogP contribution in [0, 0.1) is 0 Å². The second-order valence-electron chi connectivity index (χ2n) is 3.14. The van der Waals surface area contributed by atoms with Gasteiger partial charge < -0.3 is 15.2 Å². The normalized spacial score (nSPS) is 35.5. The Morgan fingerprint density at radius 3 is 3.09 bits per heavy atom. The van der Waals surface area contributed by atoms with Crippen LogP contribution in [0.5, 0.6) is 0 Å². The van der Waals surface area contributed by atoms with E-state index in [1.54, 1.807) is 0 Å². The van der Waals surface area contributed by atoms with Gasteiger partial charge in [0.2, 0.25) is 0 Å². The molecular formula is C8H17NO2. The van der Waals surface area contributed by atoms with Crippen molar-refractivity contribution < 1.29 is 9.47 Å². The van der Waals surface area contributed by atoms with Gasteiger partial charge in [0.05, 0.1) is 6.10 Å². The number of ether oxygens (including phenoxy) is 2. The quantitative estimate of drug-likeness (QED) is 0.570. The first-order valence-electron chi connectivity index (χ1n) is 4.24. The van der Waals surface area contributed by atoms with Gasteiger partial charge in [0, 0.05) is 12.6 Å². The molecule has 0 aromatic heterocycles. The Balaban J connectivity index is 2.27. The van der Waals surface area contributed by atoms with Crippen molar-refractivity contribution in [2.45, 2.75) is 38.3 Å². The average Bonchev–Trinajstić information content (AvgIpc) is 2.02. The highest BCUT2D eigenvalue weighted by molar-refractivity contribution is 4.66. The Hall–Kier alpha value is -0.120. The molecule has 3 nitrogen and oxygen atoms in total. The van der Waals surface area contributed by atoms with Crippen molar-refractivity contribution in [3.05, 3.63) is 0 Å². The summed E-state index contributed by atoms with van der Waals surface area (Å²) in [5.74, 6) is 0. The van der Waals surface area contributed by atoms with E-state index in [9.17, 15) is 0 Å². The Morgan fingerprint density at radius 1 is 1.45 bits per heavy atom. The minimum Gasteiger partial charge on any atom is -0.355 e. The summed E-state index contributed by atoms with van der Waals surface area (Å²) in [5.41, 5.74) is 5.83. The molecule has 0 amide bonds. The lowest BCUT2D eigenvalue weighted by atomic mass is 10.1. The Kier molecular flexibility index (Phi) is 3.83. The van der Waals surface area contributed by atoms with Crippen LogP contribution in [0.3, 0.4) is 0 Å². The van der Waals surface area contributed by atoms with Gasteiger partial charge >= 0.3 is 0 Å². The van der Waals surface area contributed by atoms with Gasteiger partial charge in [-0.15, -0.1) is 0 Å². The summed E-state index contributed by atoms with van der Waals surface area (Å²) in [7, 11) is 0. The zero-order valence-corrected chi connectivity index (χ0v) is 7.08. The molecule has 1 rings (SSSR count). The standard InChI is InChI=1S/C8H17NO2/c1-7-5-8(9)3-2-4-10-6-11-7/h7-8H,2-6,9H2,1H3. The molecule has 66 valence electrons. The van der Waals surface area contributed by atoms with E-state index in [1.165, 1.54) is 0 Å². The van der Waals surface area contributed by atoms with E-state index >= 15 is 0 Å². The molecule has 0 aromatic carbocycles. The van der Waals surface area contributed by atoms with Crippen LogP contribution in [0.2, 0.25) is 0 Å². The Morgan fingerprint density at radius 2 is 2.27 bits per heavy atom. The first kappa shape index (κ1) is 8.97. The van der Waals surface area contributed by atoms with E-state index in [-0.39, 0.29) is 12.1 Å². The van der Waals surface area contributed by atoms with E-state index < -0.39 is 0 Å². The van der Waals surface area contributed by atoms with E-state index in [4.69, 9.17) is 15.2 Å². The number of rotatable bonds is 0. The van der Waals surface area contributed by atoms with E-state index in [0.29, 0.717) is 6.79 Å². The third-order valence-electron chi connectivity index (χ3n) is 1.93. The molecule has 0 spiro atoms. The zero-order chi connectivity index (χ0) is 8.10. The van der Waals surface area contributed by atoms with Crippen molar-refractivity contribution in [3.8, 4) is 0 Å². The molecule has 2 unspecified atom stereocenters. The van der Waals surface area contributed by atoms with Gasteiger partial charge in [0.1, 0.15) is 6.79 Å². The van der Waals surface area contributed by atoms with Gasteiger partial charge in [0.15, 0.2) is 0 Å². The van der Waals surface area contributed by atoms with Crippen molar-refractivity contribution >= 4 is 0 Å². The van der Waals surface area contributed by atoms with Crippen LogP contribution >= 0.6 is 0 Å². The number of hydrogen-bond donors (Lipinski definition) is 1. The maximum atomic E-state index is 5.83. The SMILES string of the molecule is CC1CC(N)CCCOCO1. The molecule has 1 aliphatic heterocycles. The molecule has 0 aliphatic carbocycles. The van der Waals surface area contributed by atoms with Gasteiger partial charge in [-0.25, -0.2) is 0 Å². The van der Waals surface area contributed by atoms with Crippen LogP contribution in [0.1, 0.15) is 26.2 Å². The maximum absolute atomic E-state index is 5.83. The monoisotopic (exact) mass is 159 g/mol. The molecule has 1 aliphatic rings. The van der Waals surface area contributed by atoms with Crippen LogP contribution < -0.4 is 5.73 Å². The van der Waals surface area contributed by atoms with Gasteiger partial charge in [-0.3, -0.25) is 0 Å². The molecule has 1 fully saturated rings. The maximum Gasteiger partial charge on any atom is 0.147 e. The molecular weight excluding hydrogens is 142 g/mol. The van der Waals surface area contributed by atoms with E-state index in [1.807, 2.05) is 6.92 Å². The summed E-state index contributed by atoms with van der Waals surface area (Å²) in [6.45, 7) is 3.24. The fraction of sp³-hybridized carbons (Fsp3) is 1.00. The van der Waals surface area contributed by atoms with Gasteiger partial charge in [-0.05, 0) is 26.2 Å². The first-order chi connectivity index (χ1) is 5.29. The number of hydrogen-bond acceptors (Lipinski definition) is 3. The highest BCUT2D eigenvalue weighted by Crippen LogP contribution is 2.08. The lowest BCUT2D eigenvalue weighted by molar-refractivity contribution is -0.0819. The molecule has 1 saturated heterocycles. The van der Waals surface area contributed by atoms with Crippen LogP contribution in [0.4, 0.5) is 0 Å². The molecule has 3 heteroatoms. The van der Waals surface area contributed by atoms with Crippen molar-refractivity contribution in [1.29, 1.82) is 0 Å². The minimum atomic E-state index is 0.239. The summed E-state index contributed by atoms with van der Waals surface area (Å²) in [4.78, 5) is 0. The molecule has 0 saturated carbocycles. The van der Waals surface area contributed by atoms with Crippen molar-refractivity contribution in [1.82, 2.24) is 0 Å². The lowest BCUT2D eigenvalue weighted by Gasteiger charge is -2.14. The Bertz CT molecular complexity index is 96.3. The van der Waals surface area contributed by atoms with Crippen molar-refractivity contribution in [2.75, 3.05) is 13.4 Å². The highest BCUT2D eigenvalue weighted by Gasteiger charge is 2.11. The van der Waals surface area contributed by atoms with Gasteiger partial charge in [-0.1, -0.05) is 0 Å². The average molecular weight is 159 g/mol. The summed E-state index contributed by atoms with van der Waals surface area (Å²) in [6.07, 6.45) is 3.29. The fourth-order valence-electron chi connectivity index (χ4n) is 1.28. The molecule has 1 heterocycles. The topological polar surface area (TPSA) is 44.5 Å². The predicted octanol–water partition coefficient (Wildman–Crippen LogP) is 0.877. The minimum absolute atomic E-state index is 0.239. The molecule has 0 aromatic rings. The van der Waals surface area contributed by atoms with E-state index in [0.717, 1.165) is 25.9 Å².